The molecule has 0 bridgehead atoms. The van der Waals surface area contributed by atoms with Gasteiger partial charge in [-0.3, -0.25) is 0 Å². The van der Waals surface area contributed by atoms with Crippen molar-refractivity contribution in [3.05, 3.63) is 0 Å². The van der Waals surface area contributed by atoms with Gasteiger partial charge in [-0.2, -0.15) is 0 Å². The van der Waals surface area contributed by atoms with Crippen LogP contribution in [0.2, 0.25) is 0 Å². The number of rotatable bonds is 5. The van der Waals surface area contributed by atoms with Crippen molar-refractivity contribution in [3.63, 3.8) is 0 Å². The van der Waals surface area contributed by atoms with Crippen molar-refractivity contribution in [2.45, 2.75) is 25.8 Å². The fraction of sp³-hybridized carbons (Fsp3) is 0.889. The maximum absolute atomic E-state index is 8.43. The molecule has 0 aromatic heterocycles. The van der Waals surface area contributed by atoms with Gasteiger partial charge in [0.2, 0.25) is 0 Å². The standard InChI is InChI=1S/C9H20N4O/c1-8(9(10)12-14)11-4-7-13-5-2-3-6-13/h8,11,14H,2-7H2,1H3,(H2,10,12). The van der Waals surface area contributed by atoms with Gasteiger partial charge in [0.05, 0.1) is 6.04 Å². The summed E-state index contributed by atoms with van der Waals surface area (Å²) in [6, 6.07) is -0.0531. The molecule has 0 amide bonds. The van der Waals surface area contributed by atoms with E-state index in [-0.39, 0.29) is 11.9 Å². The number of hydrogen-bond acceptors (Lipinski definition) is 4. The Bertz CT molecular complexity index is 189. The molecule has 0 radical (unpaired) electrons. The molecule has 1 saturated heterocycles. The van der Waals surface area contributed by atoms with Crippen LogP contribution in [0.1, 0.15) is 19.8 Å². The fourth-order valence-corrected chi connectivity index (χ4v) is 1.64. The summed E-state index contributed by atoms with van der Waals surface area (Å²) in [7, 11) is 0. The van der Waals surface area contributed by atoms with Crippen LogP contribution in [0.4, 0.5) is 0 Å². The van der Waals surface area contributed by atoms with Gasteiger partial charge >= 0.3 is 0 Å². The summed E-state index contributed by atoms with van der Waals surface area (Å²) in [5, 5.41) is 14.6. The van der Waals surface area contributed by atoms with Gasteiger partial charge in [0.15, 0.2) is 5.84 Å². The van der Waals surface area contributed by atoms with E-state index in [1.165, 1.54) is 25.9 Å². The molecular formula is C9H20N4O. The molecule has 14 heavy (non-hydrogen) atoms. The lowest BCUT2D eigenvalue weighted by Crippen LogP contribution is -2.42. The first kappa shape index (κ1) is 11.3. The molecule has 1 fully saturated rings. The predicted octanol–water partition coefficient (Wildman–Crippen LogP) is -0.193. The summed E-state index contributed by atoms with van der Waals surface area (Å²) >= 11 is 0. The highest BCUT2D eigenvalue weighted by Gasteiger charge is 2.11. The van der Waals surface area contributed by atoms with Crippen molar-refractivity contribution >= 4 is 5.84 Å². The van der Waals surface area contributed by atoms with Gasteiger partial charge in [0.1, 0.15) is 0 Å². The minimum atomic E-state index is -0.0531. The second kappa shape index (κ2) is 5.82. The Balaban J connectivity index is 2.08. The molecule has 1 heterocycles. The van der Waals surface area contributed by atoms with Crippen molar-refractivity contribution in [2.75, 3.05) is 26.2 Å². The Kier molecular flexibility index (Phi) is 4.69. The quantitative estimate of drug-likeness (QED) is 0.249. The van der Waals surface area contributed by atoms with E-state index in [0.29, 0.717) is 0 Å². The van der Waals surface area contributed by atoms with E-state index in [2.05, 4.69) is 15.4 Å². The van der Waals surface area contributed by atoms with Gasteiger partial charge in [0, 0.05) is 13.1 Å². The molecule has 5 nitrogen and oxygen atoms in total. The van der Waals surface area contributed by atoms with Crippen LogP contribution in [-0.4, -0.2) is 48.2 Å². The molecule has 4 N–H and O–H groups in total. The third-order valence-corrected chi connectivity index (χ3v) is 2.64. The van der Waals surface area contributed by atoms with E-state index in [9.17, 15) is 0 Å². The summed E-state index contributed by atoms with van der Waals surface area (Å²) in [5.74, 6) is 0.242. The largest absolute Gasteiger partial charge is 0.409 e. The maximum Gasteiger partial charge on any atom is 0.156 e. The van der Waals surface area contributed by atoms with Crippen molar-refractivity contribution < 1.29 is 5.21 Å². The Morgan fingerprint density at radius 3 is 2.79 bits per heavy atom. The van der Waals surface area contributed by atoms with Crippen molar-refractivity contribution in [1.29, 1.82) is 0 Å². The highest BCUT2D eigenvalue weighted by atomic mass is 16.4. The minimum Gasteiger partial charge on any atom is -0.409 e. The van der Waals surface area contributed by atoms with E-state index in [1.54, 1.807) is 0 Å². The lowest BCUT2D eigenvalue weighted by molar-refractivity contribution is 0.312. The van der Waals surface area contributed by atoms with E-state index < -0.39 is 0 Å². The normalized spacial score (nSPS) is 21.4. The molecule has 0 aromatic rings. The zero-order chi connectivity index (χ0) is 10.4. The van der Waals surface area contributed by atoms with E-state index in [1.807, 2.05) is 6.92 Å². The first-order chi connectivity index (χ1) is 6.74. The molecule has 1 atom stereocenters. The molecule has 5 heteroatoms. The molecule has 82 valence electrons. The summed E-state index contributed by atoms with van der Waals surface area (Å²) in [4.78, 5) is 2.42. The van der Waals surface area contributed by atoms with Gasteiger partial charge in [-0.05, 0) is 32.9 Å². The smallest absolute Gasteiger partial charge is 0.156 e. The van der Waals surface area contributed by atoms with Gasteiger partial charge in [-0.1, -0.05) is 5.16 Å². The number of oxime groups is 1. The molecule has 1 unspecified atom stereocenters. The maximum atomic E-state index is 8.43. The van der Waals surface area contributed by atoms with Gasteiger partial charge in [-0.25, -0.2) is 0 Å². The fourth-order valence-electron chi connectivity index (χ4n) is 1.64. The van der Waals surface area contributed by atoms with Crippen LogP contribution in [0.15, 0.2) is 5.16 Å². The Labute approximate surface area is 84.9 Å². The molecule has 1 aliphatic rings. The SMILES string of the molecule is CC(NCCN1CCCC1)C(N)=NO. The van der Waals surface area contributed by atoms with E-state index >= 15 is 0 Å². The van der Waals surface area contributed by atoms with Crippen LogP contribution < -0.4 is 11.1 Å². The third-order valence-electron chi connectivity index (χ3n) is 2.64. The first-order valence-electron chi connectivity index (χ1n) is 5.17. The van der Waals surface area contributed by atoms with Crippen molar-refractivity contribution in [1.82, 2.24) is 10.2 Å². The average molecular weight is 200 g/mol. The van der Waals surface area contributed by atoms with Crippen LogP contribution in [-0.2, 0) is 0 Å². The van der Waals surface area contributed by atoms with Gasteiger partial charge < -0.3 is 21.2 Å². The zero-order valence-electron chi connectivity index (χ0n) is 8.74. The van der Waals surface area contributed by atoms with Crippen LogP contribution >= 0.6 is 0 Å². The highest BCUT2D eigenvalue weighted by Crippen LogP contribution is 2.05. The average Bonchev–Trinajstić information content (AvgIpc) is 2.69. The molecule has 1 rings (SSSR count). The Morgan fingerprint density at radius 1 is 1.57 bits per heavy atom. The second-order valence-corrected chi connectivity index (χ2v) is 3.75. The summed E-state index contributed by atoms with van der Waals surface area (Å²) in [6.45, 7) is 6.23. The molecule has 0 aromatic carbocycles. The Morgan fingerprint density at radius 2 is 2.21 bits per heavy atom. The highest BCUT2D eigenvalue weighted by molar-refractivity contribution is 5.84. The lowest BCUT2D eigenvalue weighted by Gasteiger charge is -2.17. The topological polar surface area (TPSA) is 73.9 Å². The van der Waals surface area contributed by atoms with Crippen molar-refractivity contribution in [2.24, 2.45) is 10.9 Å². The third kappa shape index (κ3) is 3.51. The summed E-state index contributed by atoms with van der Waals surface area (Å²) < 4.78 is 0. The van der Waals surface area contributed by atoms with Crippen LogP contribution in [0, 0.1) is 0 Å². The number of nitrogens with two attached hydrogens (primary N) is 1. The predicted molar refractivity (Wildman–Crippen MR) is 56.5 cm³/mol. The summed E-state index contributed by atoms with van der Waals surface area (Å²) in [6.07, 6.45) is 2.63. The molecule has 0 spiro atoms. The minimum absolute atomic E-state index is 0.0531. The number of hydrogen-bond donors (Lipinski definition) is 3. The molecule has 0 aliphatic carbocycles. The number of likely N-dealkylation sites (tertiary alicyclic amines) is 1. The summed E-state index contributed by atoms with van der Waals surface area (Å²) in [5.41, 5.74) is 5.43. The van der Waals surface area contributed by atoms with Crippen LogP contribution in [0.5, 0.6) is 0 Å². The van der Waals surface area contributed by atoms with Crippen LogP contribution in [0.3, 0.4) is 0 Å². The second-order valence-electron chi connectivity index (χ2n) is 3.75. The van der Waals surface area contributed by atoms with Crippen LogP contribution in [0.25, 0.3) is 0 Å². The monoisotopic (exact) mass is 200 g/mol. The zero-order valence-corrected chi connectivity index (χ0v) is 8.74. The number of nitrogens with one attached hydrogen (secondary N) is 1. The van der Waals surface area contributed by atoms with E-state index in [4.69, 9.17) is 10.9 Å². The first-order valence-corrected chi connectivity index (χ1v) is 5.17. The Hall–Kier alpha value is -0.810. The molecule has 1 aliphatic heterocycles. The van der Waals surface area contributed by atoms with Gasteiger partial charge in [-0.15, -0.1) is 0 Å². The van der Waals surface area contributed by atoms with Gasteiger partial charge in [0.25, 0.3) is 0 Å². The number of nitrogens with zero attached hydrogens (tertiary/aromatic N) is 2. The molecular weight excluding hydrogens is 180 g/mol. The van der Waals surface area contributed by atoms with E-state index in [0.717, 1.165) is 13.1 Å². The molecule has 0 saturated carbocycles. The van der Waals surface area contributed by atoms with Crippen molar-refractivity contribution in [3.8, 4) is 0 Å². The number of amidine groups is 1. The lowest BCUT2D eigenvalue weighted by atomic mass is 10.3.